The lowest BCUT2D eigenvalue weighted by atomic mass is 10.2. The van der Waals surface area contributed by atoms with Crippen LogP contribution in [0.5, 0.6) is 0 Å². The number of allylic oxidation sites excluding steroid dienone is 1. The standard InChI is InChI=1S/C16H16N6S.2C2HF3O2/c17-7-3-8-19-16-20-9-6-12(22-16)11(10-18)15-21-13-4-1-2-5-14(13)23-15;2*3-2(4,5)1(6)7/h1-2,4-6,9,21H,3,7-8,17H2,(H,19,20,22);2*(H,6,7)/b15-11+;;. The molecule has 1 aliphatic rings. The Labute approximate surface area is 209 Å². The fourth-order valence-corrected chi connectivity index (χ4v) is 3.15. The van der Waals surface area contributed by atoms with E-state index in [4.69, 9.17) is 25.5 Å². The first kappa shape index (κ1) is 31.0. The molecule has 0 amide bonds. The first-order valence-corrected chi connectivity index (χ1v) is 10.6. The van der Waals surface area contributed by atoms with E-state index in [2.05, 4.69) is 26.7 Å². The molecule has 10 nitrogen and oxygen atoms in total. The van der Waals surface area contributed by atoms with E-state index in [1.165, 1.54) is 11.8 Å². The number of aromatic nitrogens is 2. The van der Waals surface area contributed by atoms with Crippen molar-refractivity contribution in [3.05, 3.63) is 47.3 Å². The Morgan fingerprint density at radius 3 is 2.14 bits per heavy atom. The van der Waals surface area contributed by atoms with Crippen LogP contribution in [0.4, 0.5) is 38.0 Å². The van der Waals surface area contributed by atoms with Gasteiger partial charge >= 0.3 is 24.3 Å². The number of nitriles is 1. The number of carboxylic acids is 2. The summed E-state index contributed by atoms with van der Waals surface area (Å²) >= 11 is 1.54. The van der Waals surface area contributed by atoms with Gasteiger partial charge in [0.05, 0.1) is 16.4 Å². The largest absolute Gasteiger partial charge is 0.490 e. The van der Waals surface area contributed by atoms with Crippen molar-refractivity contribution in [2.24, 2.45) is 5.73 Å². The van der Waals surface area contributed by atoms with Gasteiger partial charge in [0, 0.05) is 17.6 Å². The number of hydrogen-bond donors (Lipinski definition) is 5. The number of nitrogens with zero attached hydrogens (tertiary/aromatic N) is 3. The second-order valence-corrected chi connectivity index (χ2v) is 7.53. The number of nitrogens with two attached hydrogens (primary N) is 1. The smallest absolute Gasteiger partial charge is 0.475 e. The fourth-order valence-electron chi connectivity index (χ4n) is 2.14. The quantitative estimate of drug-likeness (QED) is 0.207. The molecule has 0 saturated heterocycles. The molecule has 3 rings (SSSR count). The molecule has 0 unspecified atom stereocenters. The Morgan fingerprint density at radius 1 is 1.08 bits per heavy atom. The topological polar surface area (TPSA) is 174 Å². The van der Waals surface area contributed by atoms with Crippen LogP contribution >= 0.6 is 11.8 Å². The van der Waals surface area contributed by atoms with E-state index in [1.54, 1.807) is 12.3 Å². The van der Waals surface area contributed by atoms with E-state index in [-0.39, 0.29) is 0 Å². The highest BCUT2D eigenvalue weighted by molar-refractivity contribution is 8.04. The summed E-state index contributed by atoms with van der Waals surface area (Å²) in [6.07, 6.45) is -7.68. The van der Waals surface area contributed by atoms with E-state index in [0.29, 0.717) is 30.3 Å². The maximum absolute atomic E-state index is 10.6. The van der Waals surface area contributed by atoms with Crippen molar-refractivity contribution in [3.8, 4) is 6.07 Å². The lowest BCUT2D eigenvalue weighted by molar-refractivity contribution is -0.193. The molecule has 0 saturated carbocycles. The molecule has 0 atom stereocenters. The van der Waals surface area contributed by atoms with Crippen LogP contribution in [-0.2, 0) is 9.59 Å². The molecule has 17 heteroatoms. The Balaban J connectivity index is 0.000000404. The Morgan fingerprint density at radius 2 is 1.65 bits per heavy atom. The number of carbonyl (C=O) groups is 2. The predicted octanol–water partition coefficient (Wildman–Crippen LogP) is 3.91. The third-order valence-electron chi connectivity index (χ3n) is 3.75. The lowest BCUT2D eigenvalue weighted by Gasteiger charge is -2.07. The van der Waals surface area contributed by atoms with Crippen LogP contribution in [-0.4, -0.2) is 57.6 Å². The molecule has 0 aliphatic carbocycles. The van der Waals surface area contributed by atoms with E-state index >= 15 is 0 Å². The number of alkyl halides is 6. The highest BCUT2D eigenvalue weighted by Crippen LogP contribution is 2.43. The van der Waals surface area contributed by atoms with Crippen LogP contribution in [0.3, 0.4) is 0 Å². The summed E-state index contributed by atoms with van der Waals surface area (Å²) in [6, 6.07) is 11.9. The van der Waals surface area contributed by atoms with Crippen molar-refractivity contribution in [2.75, 3.05) is 23.7 Å². The Bertz CT molecular complexity index is 1120. The first-order valence-electron chi connectivity index (χ1n) is 9.76. The number of halogens is 6. The summed E-state index contributed by atoms with van der Waals surface area (Å²) < 4.78 is 63.5. The number of anilines is 2. The van der Waals surface area contributed by atoms with Crippen LogP contribution in [0.15, 0.2) is 46.5 Å². The molecule has 37 heavy (non-hydrogen) atoms. The van der Waals surface area contributed by atoms with Gasteiger partial charge in [-0.25, -0.2) is 19.6 Å². The third kappa shape index (κ3) is 10.6. The minimum atomic E-state index is -5.08. The van der Waals surface area contributed by atoms with Crippen LogP contribution < -0.4 is 16.4 Å². The van der Waals surface area contributed by atoms with Crippen LogP contribution in [0.25, 0.3) is 5.57 Å². The first-order chi connectivity index (χ1) is 17.2. The van der Waals surface area contributed by atoms with Gasteiger partial charge in [-0.2, -0.15) is 31.6 Å². The molecule has 0 radical (unpaired) electrons. The Hall–Kier alpha value is -4.04. The third-order valence-corrected chi connectivity index (χ3v) is 4.83. The zero-order chi connectivity index (χ0) is 28.2. The van der Waals surface area contributed by atoms with Crippen molar-refractivity contribution in [2.45, 2.75) is 23.7 Å². The molecule has 2 heterocycles. The van der Waals surface area contributed by atoms with Gasteiger partial charge in [-0.3, -0.25) is 0 Å². The average molecular weight is 552 g/mol. The normalized spacial score (nSPS) is 13.4. The molecular weight excluding hydrogens is 534 g/mol. The maximum atomic E-state index is 10.6. The van der Waals surface area contributed by atoms with Crippen molar-refractivity contribution in [1.82, 2.24) is 9.97 Å². The zero-order valence-corrected chi connectivity index (χ0v) is 19.2. The van der Waals surface area contributed by atoms with Gasteiger partial charge in [-0.1, -0.05) is 23.9 Å². The summed E-state index contributed by atoms with van der Waals surface area (Å²) in [5, 5.41) is 31.0. The molecule has 0 bridgehead atoms. The number of thioether (sulfide) groups is 1. The summed E-state index contributed by atoms with van der Waals surface area (Å²) in [5.41, 5.74) is 7.59. The number of benzene rings is 1. The summed E-state index contributed by atoms with van der Waals surface area (Å²) in [6.45, 7) is 1.32. The van der Waals surface area contributed by atoms with Gasteiger partial charge in [0.15, 0.2) is 0 Å². The predicted molar refractivity (Wildman–Crippen MR) is 120 cm³/mol. The Kier molecular flexibility index (Phi) is 11.6. The zero-order valence-electron chi connectivity index (χ0n) is 18.4. The molecular formula is C20H18F6N6O4S. The van der Waals surface area contributed by atoms with Gasteiger partial charge in [0.25, 0.3) is 0 Å². The van der Waals surface area contributed by atoms with Crippen molar-refractivity contribution >= 4 is 40.9 Å². The number of fused-ring (bicyclic) bond motifs is 1. The number of hydrogen-bond acceptors (Lipinski definition) is 9. The van der Waals surface area contributed by atoms with E-state index in [9.17, 15) is 31.6 Å². The second-order valence-electron chi connectivity index (χ2n) is 6.48. The summed E-state index contributed by atoms with van der Waals surface area (Å²) in [7, 11) is 0. The van der Waals surface area contributed by atoms with E-state index in [1.807, 2.05) is 24.3 Å². The van der Waals surface area contributed by atoms with Crippen LogP contribution in [0.1, 0.15) is 12.1 Å². The number of rotatable bonds is 5. The number of para-hydroxylation sites is 1. The number of aliphatic carboxylic acids is 2. The van der Waals surface area contributed by atoms with Crippen molar-refractivity contribution < 1.29 is 46.1 Å². The van der Waals surface area contributed by atoms with Gasteiger partial charge in [-0.05, 0) is 31.2 Å². The van der Waals surface area contributed by atoms with Gasteiger partial charge < -0.3 is 26.6 Å². The molecule has 0 spiro atoms. The lowest BCUT2D eigenvalue weighted by Crippen LogP contribution is -2.21. The molecule has 1 aliphatic heterocycles. The average Bonchev–Trinajstić information content (AvgIpc) is 3.23. The minimum absolute atomic E-state index is 0.504. The number of nitrogens with one attached hydrogen (secondary N) is 2. The summed E-state index contributed by atoms with van der Waals surface area (Å²) in [5.74, 6) is -5.01. The van der Waals surface area contributed by atoms with Crippen molar-refractivity contribution in [1.29, 1.82) is 5.26 Å². The van der Waals surface area contributed by atoms with E-state index < -0.39 is 24.3 Å². The van der Waals surface area contributed by atoms with Gasteiger partial charge in [-0.15, -0.1) is 0 Å². The number of carboxylic acid groups (broad SMARTS) is 2. The minimum Gasteiger partial charge on any atom is -0.475 e. The van der Waals surface area contributed by atoms with Gasteiger partial charge in [0.1, 0.15) is 11.6 Å². The molecule has 200 valence electrons. The maximum Gasteiger partial charge on any atom is 0.490 e. The molecule has 1 aromatic heterocycles. The van der Waals surface area contributed by atoms with Crippen LogP contribution in [0, 0.1) is 11.3 Å². The molecule has 0 fully saturated rings. The highest BCUT2D eigenvalue weighted by atomic mass is 32.2. The second kappa shape index (κ2) is 13.9. The molecule has 6 N–H and O–H groups in total. The van der Waals surface area contributed by atoms with Crippen LogP contribution in [0.2, 0.25) is 0 Å². The fraction of sp³-hybridized carbons (Fsp3) is 0.250. The summed E-state index contributed by atoms with van der Waals surface area (Å²) in [4.78, 5) is 27.5. The van der Waals surface area contributed by atoms with E-state index in [0.717, 1.165) is 22.0 Å². The van der Waals surface area contributed by atoms with Gasteiger partial charge in [0.2, 0.25) is 5.95 Å². The highest BCUT2D eigenvalue weighted by Gasteiger charge is 2.38. The van der Waals surface area contributed by atoms with Crippen molar-refractivity contribution in [3.63, 3.8) is 0 Å². The monoisotopic (exact) mass is 552 g/mol. The molecule has 1 aromatic carbocycles. The SMILES string of the molecule is N#C/C(=C1/Nc2ccccc2S1)c1ccnc(NCCCN)n1.O=C(O)C(F)(F)F.O=C(O)C(F)(F)F. The molecule has 2 aromatic rings.